The second kappa shape index (κ2) is 8.51. The molecule has 1 amide bonds. The van der Waals surface area contributed by atoms with Crippen LogP contribution in [0.2, 0.25) is 0 Å². The molecule has 1 heterocycles. The van der Waals surface area contributed by atoms with Crippen molar-refractivity contribution in [3.63, 3.8) is 0 Å². The summed E-state index contributed by atoms with van der Waals surface area (Å²) in [5.41, 5.74) is 2.74. The Kier molecular flexibility index (Phi) is 6.39. The Hall–Kier alpha value is -2.56. The van der Waals surface area contributed by atoms with Crippen molar-refractivity contribution in [2.45, 2.75) is 33.6 Å². The lowest BCUT2D eigenvalue weighted by Gasteiger charge is -2.17. The van der Waals surface area contributed by atoms with Gasteiger partial charge in [0.2, 0.25) is 0 Å². The van der Waals surface area contributed by atoms with Crippen molar-refractivity contribution in [2.24, 2.45) is 0 Å². The van der Waals surface area contributed by atoms with Crippen molar-refractivity contribution in [2.75, 3.05) is 20.2 Å². The number of aromatic amines is 1. The number of nitrogens with zero attached hydrogens (tertiary/aromatic N) is 1. The molecule has 2 rings (SSSR count). The highest BCUT2D eigenvalue weighted by atomic mass is 16.5. The molecule has 0 saturated heterocycles. The molecule has 0 radical (unpaired) electrons. The van der Waals surface area contributed by atoms with Gasteiger partial charge in [-0.2, -0.15) is 0 Å². The first-order chi connectivity index (χ1) is 12.0. The molecular weight excluding hydrogens is 316 g/mol. The first kappa shape index (κ1) is 18.8. The maximum Gasteiger partial charge on any atom is 0.270 e. The molecule has 0 unspecified atom stereocenters. The Morgan fingerprint density at radius 1 is 1.20 bits per heavy atom. The number of ketones is 1. The topological polar surface area (TPSA) is 62.4 Å². The van der Waals surface area contributed by atoms with Crippen LogP contribution in [0, 0.1) is 6.92 Å². The summed E-state index contributed by atoms with van der Waals surface area (Å²) in [6.07, 6.45) is 1.38. The summed E-state index contributed by atoms with van der Waals surface area (Å²) < 4.78 is 5.65. The lowest BCUT2D eigenvalue weighted by Crippen LogP contribution is -2.29. The Morgan fingerprint density at radius 3 is 2.48 bits per heavy atom. The number of Topliss-reactive ketones (excluding diaryl/α,β-unsaturated/α-hetero) is 1. The monoisotopic (exact) mass is 342 g/mol. The van der Waals surface area contributed by atoms with Crippen LogP contribution in [0.15, 0.2) is 30.3 Å². The standard InChI is InChI=1S/C20H26N2O3/c1-5-17-18(15(3)23)14(2)21-19(17)20(24)22(4)12-9-13-25-16-10-7-6-8-11-16/h6-8,10-11,21H,5,9,12-13H2,1-4H3. The van der Waals surface area contributed by atoms with Gasteiger partial charge in [-0.25, -0.2) is 0 Å². The van der Waals surface area contributed by atoms with E-state index in [4.69, 9.17) is 4.74 Å². The van der Waals surface area contributed by atoms with E-state index in [2.05, 4.69) is 4.98 Å². The number of benzene rings is 1. The fourth-order valence-electron chi connectivity index (χ4n) is 2.99. The molecule has 0 aliphatic rings. The minimum Gasteiger partial charge on any atom is -0.494 e. The van der Waals surface area contributed by atoms with E-state index >= 15 is 0 Å². The normalized spacial score (nSPS) is 10.6. The van der Waals surface area contributed by atoms with Crippen molar-refractivity contribution in [1.29, 1.82) is 0 Å². The number of para-hydroxylation sites is 1. The third-order valence-corrected chi connectivity index (χ3v) is 4.21. The smallest absolute Gasteiger partial charge is 0.270 e. The number of carbonyl (C=O) groups excluding carboxylic acids is 2. The lowest BCUT2D eigenvalue weighted by molar-refractivity contribution is 0.0781. The summed E-state index contributed by atoms with van der Waals surface area (Å²) in [7, 11) is 1.77. The molecule has 0 atom stereocenters. The van der Waals surface area contributed by atoms with E-state index in [0.29, 0.717) is 30.8 Å². The van der Waals surface area contributed by atoms with Crippen LogP contribution in [0.5, 0.6) is 5.75 Å². The molecule has 134 valence electrons. The SMILES string of the molecule is CCc1c(C(=O)N(C)CCCOc2ccccc2)[nH]c(C)c1C(C)=O. The van der Waals surface area contributed by atoms with Gasteiger partial charge in [0.15, 0.2) is 5.78 Å². The van der Waals surface area contributed by atoms with Crippen molar-refractivity contribution >= 4 is 11.7 Å². The molecule has 0 spiro atoms. The second-order valence-corrected chi connectivity index (χ2v) is 6.13. The molecule has 1 aromatic carbocycles. The molecule has 2 aromatic rings. The van der Waals surface area contributed by atoms with Crippen molar-refractivity contribution in [3.05, 3.63) is 52.8 Å². The summed E-state index contributed by atoms with van der Waals surface area (Å²) in [5.74, 6) is 0.728. The van der Waals surface area contributed by atoms with Crippen LogP contribution in [-0.2, 0) is 6.42 Å². The summed E-state index contributed by atoms with van der Waals surface area (Å²) in [4.78, 5) is 29.3. The summed E-state index contributed by atoms with van der Waals surface area (Å²) in [6.45, 7) is 6.46. The number of nitrogens with one attached hydrogen (secondary N) is 1. The van der Waals surface area contributed by atoms with Crippen LogP contribution in [0.3, 0.4) is 0 Å². The Labute approximate surface area is 149 Å². The van der Waals surface area contributed by atoms with Gasteiger partial charge in [-0.15, -0.1) is 0 Å². The van der Waals surface area contributed by atoms with Crippen LogP contribution in [0.1, 0.15) is 52.4 Å². The third-order valence-electron chi connectivity index (χ3n) is 4.21. The van der Waals surface area contributed by atoms with Gasteiger partial charge in [0.05, 0.1) is 6.61 Å². The van der Waals surface area contributed by atoms with Gasteiger partial charge in [-0.1, -0.05) is 25.1 Å². The number of rotatable bonds is 8. The van der Waals surface area contributed by atoms with Crippen molar-refractivity contribution in [1.82, 2.24) is 9.88 Å². The highest BCUT2D eigenvalue weighted by Gasteiger charge is 2.23. The number of aryl methyl sites for hydroxylation is 1. The van der Waals surface area contributed by atoms with Gasteiger partial charge in [0.25, 0.3) is 5.91 Å². The average Bonchev–Trinajstić information content (AvgIpc) is 2.95. The van der Waals surface area contributed by atoms with E-state index in [1.165, 1.54) is 6.92 Å². The number of hydrogen-bond donors (Lipinski definition) is 1. The number of hydrogen-bond acceptors (Lipinski definition) is 3. The average molecular weight is 342 g/mol. The summed E-state index contributed by atoms with van der Waals surface area (Å²) in [5, 5.41) is 0. The molecule has 25 heavy (non-hydrogen) atoms. The van der Waals surface area contributed by atoms with Gasteiger partial charge >= 0.3 is 0 Å². The van der Waals surface area contributed by atoms with Crippen LogP contribution < -0.4 is 4.74 Å². The second-order valence-electron chi connectivity index (χ2n) is 6.13. The molecule has 0 aliphatic carbocycles. The quantitative estimate of drug-likeness (QED) is 0.588. The first-order valence-corrected chi connectivity index (χ1v) is 8.61. The van der Waals surface area contributed by atoms with Gasteiger partial charge in [-0.05, 0) is 44.4 Å². The minimum absolute atomic E-state index is 0.0106. The van der Waals surface area contributed by atoms with Crippen molar-refractivity contribution < 1.29 is 14.3 Å². The van der Waals surface area contributed by atoms with E-state index in [0.717, 1.165) is 23.4 Å². The van der Waals surface area contributed by atoms with Gasteiger partial charge in [0.1, 0.15) is 11.4 Å². The minimum atomic E-state index is -0.0906. The molecular formula is C20H26N2O3. The number of amides is 1. The highest BCUT2D eigenvalue weighted by molar-refractivity contribution is 6.02. The number of carbonyl (C=O) groups is 2. The van der Waals surface area contributed by atoms with Crippen LogP contribution in [-0.4, -0.2) is 41.8 Å². The Bertz CT molecular complexity index is 735. The number of ether oxygens (including phenoxy) is 1. The van der Waals surface area contributed by atoms with E-state index in [1.807, 2.05) is 44.2 Å². The van der Waals surface area contributed by atoms with Crippen molar-refractivity contribution in [3.8, 4) is 5.75 Å². The predicted octanol–water partition coefficient (Wildman–Crippen LogP) is 3.63. The zero-order chi connectivity index (χ0) is 18.4. The third kappa shape index (κ3) is 4.50. The predicted molar refractivity (Wildman–Crippen MR) is 98.4 cm³/mol. The zero-order valence-corrected chi connectivity index (χ0v) is 15.4. The van der Waals surface area contributed by atoms with E-state index in [-0.39, 0.29) is 11.7 Å². The fourth-order valence-corrected chi connectivity index (χ4v) is 2.99. The summed E-state index contributed by atoms with van der Waals surface area (Å²) >= 11 is 0. The molecule has 5 heteroatoms. The van der Waals surface area contributed by atoms with Crippen LogP contribution in [0.4, 0.5) is 0 Å². The molecule has 0 saturated carbocycles. The highest BCUT2D eigenvalue weighted by Crippen LogP contribution is 2.21. The van der Waals surface area contributed by atoms with Crippen LogP contribution >= 0.6 is 0 Å². The van der Waals surface area contributed by atoms with E-state index < -0.39 is 0 Å². The Balaban J connectivity index is 1.96. The fraction of sp³-hybridized carbons (Fsp3) is 0.400. The molecule has 0 aliphatic heterocycles. The van der Waals surface area contributed by atoms with Gasteiger partial charge in [0, 0.05) is 24.8 Å². The molecule has 1 aromatic heterocycles. The first-order valence-electron chi connectivity index (χ1n) is 8.61. The lowest BCUT2D eigenvalue weighted by atomic mass is 10.0. The van der Waals surface area contributed by atoms with E-state index in [1.54, 1.807) is 11.9 Å². The molecule has 5 nitrogen and oxygen atoms in total. The largest absolute Gasteiger partial charge is 0.494 e. The Morgan fingerprint density at radius 2 is 1.88 bits per heavy atom. The van der Waals surface area contributed by atoms with E-state index in [9.17, 15) is 9.59 Å². The molecule has 0 fully saturated rings. The van der Waals surface area contributed by atoms with Crippen LogP contribution in [0.25, 0.3) is 0 Å². The number of H-pyrrole nitrogens is 1. The van der Waals surface area contributed by atoms with Gasteiger partial charge < -0.3 is 14.6 Å². The maximum atomic E-state index is 12.7. The summed E-state index contributed by atoms with van der Waals surface area (Å²) in [6, 6.07) is 9.62. The zero-order valence-electron chi connectivity index (χ0n) is 15.4. The van der Waals surface area contributed by atoms with Gasteiger partial charge in [-0.3, -0.25) is 9.59 Å². The molecule has 0 bridgehead atoms. The maximum absolute atomic E-state index is 12.7. The molecule has 1 N–H and O–H groups in total. The number of aromatic nitrogens is 1.